The topological polar surface area (TPSA) is 63.6 Å². The predicted octanol–water partition coefficient (Wildman–Crippen LogP) is 1.61. The van der Waals surface area contributed by atoms with E-state index in [0.717, 1.165) is 5.69 Å². The Hall–Kier alpha value is -1.91. The van der Waals surface area contributed by atoms with Crippen LogP contribution in [-0.4, -0.2) is 25.5 Å². The zero-order chi connectivity index (χ0) is 11.5. The van der Waals surface area contributed by atoms with E-state index < -0.39 is 0 Å². The summed E-state index contributed by atoms with van der Waals surface area (Å²) in [6, 6.07) is 2.17. The quantitative estimate of drug-likeness (QED) is 0.793. The second kappa shape index (κ2) is 4.30. The van der Waals surface area contributed by atoms with Crippen LogP contribution in [0.1, 0.15) is 36.2 Å². The van der Waals surface area contributed by atoms with Crippen molar-refractivity contribution in [3.05, 3.63) is 36.2 Å². The summed E-state index contributed by atoms with van der Waals surface area (Å²) >= 11 is 0. The summed E-state index contributed by atoms with van der Waals surface area (Å²) in [5.41, 5.74) is 0.773. The molecule has 0 aliphatic heterocycles. The summed E-state index contributed by atoms with van der Waals surface area (Å²) in [4.78, 5) is 18.4. The van der Waals surface area contributed by atoms with E-state index in [2.05, 4.69) is 15.1 Å². The molecule has 0 atom stereocenters. The molecule has 2 rings (SSSR count). The van der Waals surface area contributed by atoms with Gasteiger partial charge in [-0.1, -0.05) is 0 Å². The molecule has 0 saturated heterocycles. The summed E-state index contributed by atoms with van der Waals surface area (Å²) < 4.78 is 1.84. The van der Waals surface area contributed by atoms with Crippen LogP contribution in [0.2, 0.25) is 0 Å². The monoisotopic (exact) mass is 218 g/mol. The number of imidazole rings is 1. The lowest BCUT2D eigenvalue weighted by Crippen LogP contribution is -2.07. The van der Waals surface area contributed by atoms with Gasteiger partial charge in [0, 0.05) is 24.6 Å². The fraction of sp³-hybridized carbons (Fsp3) is 0.364. The van der Waals surface area contributed by atoms with Crippen molar-refractivity contribution in [1.82, 2.24) is 19.7 Å². The molecule has 2 aromatic heterocycles. The summed E-state index contributed by atoms with van der Waals surface area (Å²) in [6.45, 7) is 4.09. The molecule has 16 heavy (non-hydrogen) atoms. The number of hydrogen-bond acceptors (Lipinski definition) is 3. The average Bonchev–Trinajstić information content (AvgIpc) is 2.87. The fourth-order valence-electron chi connectivity index (χ4n) is 1.43. The Morgan fingerprint density at radius 2 is 2.38 bits per heavy atom. The molecule has 5 nitrogen and oxygen atoms in total. The fourth-order valence-corrected chi connectivity index (χ4v) is 1.43. The first-order valence-electron chi connectivity index (χ1n) is 5.23. The minimum Gasteiger partial charge on any atom is -0.342 e. The number of aromatic nitrogens is 4. The molecule has 0 saturated carbocycles. The van der Waals surface area contributed by atoms with Gasteiger partial charge in [0.25, 0.3) is 0 Å². The molecule has 84 valence electrons. The normalized spacial score (nSPS) is 10.9. The van der Waals surface area contributed by atoms with Crippen LogP contribution in [0.15, 0.2) is 24.7 Å². The number of aromatic amines is 1. The number of Topliss-reactive ketones (excluding diaryl/α,β-unsaturated/α-hetero) is 1. The predicted molar refractivity (Wildman–Crippen MR) is 59.2 cm³/mol. The maximum Gasteiger partial charge on any atom is 0.204 e. The summed E-state index contributed by atoms with van der Waals surface area (Å²) in [5.74, 6) is 0.345. The van der Waals surface area contributed by atoms with Crippen molar-refractivity contribution in [1.29, 1.82) is 0 Å². The zero-order valence-electron chi connectivity index (χ0n) is 9.34. The van der Waals surface area contributed by atoms with Crippen molar-refractivity contribution in [2.24, 2.45) is 0 Å². The highest BCUT2D eigenvalue weighted by Gasteiger charge is 2.11. The minimum atomic E-state index is -0.0426. The number of nitrogens with one attached hydrogen (secondary N) is 1. The number of hydrogen-bond donors (Lipinski definition) is 1. The molecule has 0 radical (unpaired) electrons. The second-order valence-electron chi connectivity index (χ2n) is 3.92. The van der Waals surface area contributed by atoms with Crippen molar-refractivity contribution < 1.29 is 4.79 Å². The van der Waals surface area contributed by atoms with Crippen molar-refractivity contribution >= 4 is 5.78 Å². The summed E-state index contributed by atoms with van der Waals surface area (Å²) in [7, 11) is 0. The van der Waals surface area contributed by atoms with Gasteiger partial charge in [-0.15, -0.1) is 0 Å². The number of nitrogens with zero attached hydrogens (tertiary/aromatic N) is 3. The van der Waals surface area contributed by atoms with Crippen LogP contribution in [0, 0.1) is 0 Å². The smallest absolute Gasteiger partial charge is 0.204 e. The largest absolute Gasteiger partial charge is 0.342 e. The molecular formula is C11H14N4O. The average molecular weight is 218 g/mol. The van der Waals surface area contributed by atoms with Gasteiger partial charge in [-0.2, -0.15) is 5.10 Å². The third-order valence-electron chi connectivity index (χ3n) is 2.30. The van der Waals surface area contributed by atoms with Gasteiger partial charge in [-0.25, -0.2) is 4.98 Å². The summed E-state index contributed by atoms with van der Waals surface area (Å²) in [6.07, 6.45) is 5.38. The molecule has 5 heteroatoms. The third kappa shape index (κ3) is 2.18. The van der Waals surface area contributed by atoms with Gasteiger partial charge in [-0.3, -0.25) is 9.48 Å². The molecule has 2 aromatic rings. The maximum absolute atomic E-state index is 11.7. The lowest BCUT2D eigenvalue weighted by molar-refractivity contribution is 0.0982. The van der Waals surface area contributed by atoms with Gasteiger partial charge >= 0.3 is 0 Å². The third-order valence-corrected chi connectivity index (χ3v) is 2.30. The molecule has 0 aliphatic rings. The lowest BCUT2D eigenvalue weighted by Gasteiger charge is -2.03. The van der Waals surface area contributed by atoms with Crippen molar-refractivity contribution in [3.8, 4) is 0 Å². The highest BCUT2D eigenvalue weighted by Crippen LogP contribution is 2.06. The first-order chi connectivity index (χ1) is 7.66. The number of rotatable bonds is 4. The molecule has 0 amide bonds. The maximum atomic E-state index is 11.7. The Morgan fingerprint density at radius 3 is 2.94 bits per heavy atom. The van der Waals surface area contributed by atoms with Gasteiger partial charge in [-0.05, 0) is 19.9 Å². The number of H-pyrrole nitrogens is 1. The molecular weight excluding hydrogens is 204 g/mol. The van der Waals surface area contributed by atoms with E-state index in [1.165, 1.54) is 0 Å². The van der Waals surface area contributed by atoms with Crippen LogP contribution in [0.4, 0.5) is 0 Å². The van der Waals surface area contributed by atoms with Crippen LogP contribution in [0.25, 0.3) is 0 Å². The SMILES string of the molecule is CC(C)n1ccc(CC(=O)c2ncc[nH]2)n1. The Bertz CT molecular complexity index is 470. The zero-order valence-corrected chi connectivity index (χ0v) is 9.34. The van der Waals surface area contributed by atoms with Crippen LogP contribution in [0.3, 0.4) is 0 Å². The Morgan fingerprint density at radius 1 is 1.56 bits per heavy atom. The molecule has 0 spiro atoms. The number of carbonyl (C=O) groups excluding carboxylic acids is 1. The lowest BCUT2D eigenvalue weighted by atomic mass is 10.2. The minimum absolute atomic E-state index is 0.0426. The number of ketones is 1. The molecule has 1 N–H and O–H groups in total. The van der Waals surface area contributed by atoms with Gasteiger partial charge in [0.2, 0.25) is 5.78 Å². The molecule has 0 unspecified atom stereocenters. The van der Waals surface area contributed by atoms with Crippen LogP contribution < -0.4 is 0 Å². The van der Waals surface area contributed by atoms with E-state index in [1.807, 2.05) is 30.8 Å². The van der Waals surface area contributed by atoms with Gasteiger partial charge in [0.05, 0.1) is 12.1 Å². The van der Waals surface area contributed by atoms with Crippen molar-refractivity contribution in [3.63, 3.8) is 0 Å². The Kier molecular flexibility index (Phi) is 2.85. The van der Waals surface area contributed by atoms with Crippen LogP contribution in [-0.2, 0) is 6.42 Å². The van der Waals surface area contributed by atoms with Gasteiger partial charge in [0.15, 0.2) is 5.82 Å². The second-order valence-corrected chi connectivity index (χ2v) is 3.92. The van der Waals surface area contributed by atoms with E-state index in [4.69, 9.17) is 0 Å². The summed E-state index contributed by atoms with van der Waals surface area (Å²) in [5, 5.41) is 4.31. The van der Waals surface area contributed by atoms with E-state index in [-0.39, 0.29) is 12.2 Å². The van der Waals surface area contributed by atoms with E-state index in [1.54, 1.807) is 12.4 Å². The molecule has 2 heterocycles. The molecule has 0 bridgehead atoms. The Labute approximate surface area is 93.5 Å². The van der Waals surface area contributed by atoms with Gasteiger partial charge < -0.3 is 4.98 Å². The van der Waals surface area contributed by atoms with Crippen molar-refractivity contribution in [2.45, 2.75) is 26.3 Å². The first-order valence-corrected chi connectivity index (χ1v) is 5.23. The Balaban J connectivity index is 2.07. The molecule has 0 fully saturated rings. The molecule has 0 aromatic carbocycles. The van der Waals surface area contributed by atoms with Gasteiger partial charge in [0.1, 0.15) is 0 Å². The van der Waals surface area contributed by atoms with Crippen LogP contribution >= 0.6 is 0 Å². The van der Waals surface area contributed by atoms with Crippen molar-refractivity contribution in [2.75, 3.05) is 0 Å². The highest BCUT2D eigenvalue weighted by atomic mass is 16.1. The van der Waals surface area contributed by atoms with E-state index in [9.17, 15) is 4.79 Å². The standard InChI is InChI=1S/C11H14N4O/c1-8(2)15-6-3-9(14-15)7-10(16)11-12-4-5-13-11/h3-6,8H,7H2,1-2H3,(H,12,13). The molecule has 0 aliphatic carbocycles. The highest BCUT2D eigenvalue weighted by molar-refractivity contribution is 5.93. The van der Waals surface area contributed by atoms with E-state index >= 15 is 0 Å². The number of carbonyl (C=O) groups is 1. The first kappa shape index (κ1) is 10.6. The van der Waals surface area contributed by atoms with Crippen LogP contribution in [0.5, 0.6) is 0 Å². The van der Waals surface area contributed by atoms with E-state index in [0.29, 0.717) is 11.9 Å².